The first-order valence-corrected chi connectivity index (χ1v) is 15.8. The van der Waals surface area contributed by atoms with Gasteiger partial charge >= 0.3 is 146 Å². The molecule has 1 aromatic carbocycles. The van der Waals surface area contributed by atoms with Gasteiger partial charge in [0.1, 0.15) is 0 Å². The van der Waals surface area contributed by atoms with Crippen LogP contribution in [0, 0.1) is 0 Å². The summed E-state index contributed by atoms with van der Waals surface area (Å²) in [6.07, 6.45) is 6.84. The zero-order chi connectivity index (χ0) is 15.6. The standard InChI is InChI=1S/C16H28AsN3S2/c18-10-12-21-17(22-13-11-19)14-6-8-16(9-7-14)20-15-4-2-1-3-5-15/h6-9,15,20H,1-5,10-13,18-19H2/p+2. The Balaban J connectivity index is 1.92. The average molecular weight is 403 g/mol. The summed E-state index contributed by atoms with van der Waals surface area (Å²) in [4.78, 5) is 0. The minimum absolute atomic E-state index is 0.689. The molecule has 1 aliphatic rings. The van der Waals surface area contributed by atoms with Crippen LogP contribution in [0.3, 0.4) is 0 Å². The number of rotatable bonds is 9. The molecule has 0 radical (unpaired) electrons. The van der Waals surface area contributed by atoms with Crippen molar-refractivity contribution in [3.05, 3.63) is 24.3 Å². The molecule has 1 fully saturated rings. The van der Waals surface area contributed by atoms with Crippen molar-refractivity contribution >= 4 is 42.4 Å². The van der Waals surface area contributed by atoms with Crippen LogP contribution in [-0.2, 0) is 0 Å². The molecule has 0 unspecified atom stereocenters. The molecule has 3 nitrogen and oxygen atoms in total. The quantitative estimate of drug-likeness (QED) is 0.541. The van der Waals surface area contributed by atoms with Crippen LogP contribution in [0.15, 0.2) is 24.3 Å². The molecule has 2 rings (SSSR count). The van der Waals surface area contributed by atoms with Crippen molar-refractivity contribution in [3.8, 4) is 0 Å². The third kappa shape index (κ3) is 6.37. The molecule has 0 saturated heterocycles. The summed E-state index contributed by atoms with van der Waals surface area (Å²) in [7, 11) is 4.31. The first-order chi connectivity index (χ1) is 10.8. The summed E-state index contributed by atoms with van der Waals surface area (Å²) >= 11 is -1.04. The van der Waals surface area contributed by atoms with E-state index in [4.69, 9.17) is 0 Å². The molecule has 124 valence electrons. The van der Waals surface area contributed by atoms with Gasteiger partial charge in [-0.1, -0.05) is 0 Å². The zero-order valence-corrected chi connectivity index (χ0v) is 16.9. The van der Waals surface area contributed by atoms with Crippen molar-refractivity contribution in [1.29, 1.82) is 0 Å². The monoisotopic (exact) mass is 403 g/mol. The molecule has 0 spiro atoms. The fourth-order valence-corrected chi connectivity index (χ4v) is 15.2. The molecule has 1 aromatic rings. The Morgan fingerprint density at radius 1 is 0.955 bits per heavy atom. The predicted octanol–water partition coefficient (Wildman–Crippen LogP) is 1.08. The number of hydrogen-bond acceptors (Lipinski definition) is 3. The molecule has 1 aliphatic carbocycles. The van der Waals surface area contributed by atoms with E-state index in [-0.39, 0.29) is 0 Å². The molecule has 0 aliphatic heterocycles. The van der Waals surface area contributed by atoms with Gasteiger partial charge in [-0.2, -0.15) is 0 Å². The molecule has 0 atom stereocenters. The van der Waals surface area contributed by atoms with Crippen molar-refractivity contribution in [2.24, 2.45) is 0 Å². The second-order valence-corrected chi connectivity index (χ2v) is 17.4. The fourth-order valence-electron chi connectivity index (χ4n) is 2.64. The van der Waals surface area contributed by atoms with E-state index in [9.17, 15) is 0 Å². The molecular formula is C16H30AsN3S2+2. The molecule has 6 heteroatoms. The number of benzene rings is 1. The second kappa shape index (κ2) is 10.9. The van der Waals surface area contributed by atoms with Crippen molar-refractivity contribution < 1.29 is 11.5 Å². The van der Waals surface area contributed by atoms with Gasteiger partial charge in [0.2, 0.25) is 0 Å². The molecule has 7 N–H and O–H groups in total. The first kappa shape index (κ1) is 18.5. The van der Waals surface area contributed by atoms with Crippen LogP contribution in [0.5, 0.6) is 0 Å². The number of quaternary nitrogens is 2. The normalized spacial score (nSPS) is 16.1. The Morgan fingerprint density at radius 2 is 1.55 bits per heavy atom. The molecule has 0 heterocycles. The third-order valence-corrected chi connectivity index (χ3v) is 17.4. The van der Waals surface area contributed by atoms with E-state index in [1.165, 1.54) is 49.3 Å². The van der Waals surface area contributed by atoms with Gasteiger partial charge in [0.05, 0.1) is 0 Å². The van der Waals surface area contributed by atoms with E-state index in [1.807, 2.05) is 0 Å². The average Bonchev–Trinajstić information content (AvgIpc) is 2.57. The summed E-state index contributed by atoms with van der Waals surface area (Å²) in [5.41, 5.74) is 9.26. The van der Waals surface area contributed by atoms with Crippen LogP contribution in [-0.4, -0.2) is 43.0 Å². The predicted molar refractivity (Wildman–Crippen MR) is 103 cm³/mol. The topological polar surface area (TPSA) is 67.3 Å². The molecule has 0 aromatic heterocycles. The Kier molecular flexibility index (Phi) is 9.16. The van der Waals surface area contributed by atoms with Gasteiger partial charge < -0.3 is 0 Å². The van der Waals surface area contributed by atoms with Gasteiger partial charge in [-0.3, -0.25) is 0 Å². The van der Waals surface area contributed by atoms with E-state index < -0.39 is 12.3 Å². The number of hydrogen-bond donors (Lipinski definition) is 3. The molecule has 1 saturated carbocycles. The van der Waals surface area contributed by atoms with Crippen molar-refractivity contribution in [2.45, 2.75) is 38.1 Å². The molecule has 0 bridgehead atoms. The maximum absolute atomic E-state index is 3.98. The summed E-state index contributed by atoms with van der Waals surface area (Å²) in [5, 5.41) is 3.72. The van der Waals surface area contributed by atoms with E-state index in [2.05, 4.69) is 61.1 Å². The van der Waals surface area contributed by atoms with E-state index in [0.29, 0.717) is 6.04 Å². The Morgan fingerprint density at radius 3 is 2.09 bits per heavy atom. The van der Waals surface area contributed by atoms with E-state index in [1.54, 1.807) is 4.35 Å². The maximum atomic E-state index is 3.98. The SMILES string of the molecule is [NH3+]CCS[As](SCC[NH3+])c1ccc(NC2CCCCC2)cc1. The fraction of sp³-hybridized carbons (Fsp3) is 0.625. The van der Waals surface area contributed by atoms with Crippen molar-refractivity contribution in [3.63, 3.8) is 0 Å². The molecular weight excluding hydrogens is 373 g/mol. The number of nitrogens with one attached hydrogen (secondary N) is 1. The Hall–Kier alpha value is 0.198. The summed E-state index contributed by atoms with van der Waals surface area (Å²) in [6, 6.07) is 9.99. The first-order valence-electron chi connectivity index (χ1n) is 8.34. The Labute approximate surface area is 146 Å². The van der Waals surface area contributed by atoms with E-state index >= 15 is 0 Å². The Bertz CT molecular complexity index is 402. The van der Waals surface area contributed by atoms with Gasteiger partial charge in [0, 0.05) is 0 Å². The third-order valence-electron chi connectivity index (χ3n) is 3.76. The van der Waals surface area contributed by atoms with Crippen LogP contribution in [0.2, 0.25) is 0 Å². The van der Waals surface area contributed by atoms with Gasteiger partial charge in [-0.15, -0.1) is 0 Å². The summed E-state index contributed by atoms with van der Waals surface area (Å²) in [5.74, 6) is 2.37. The molecule has 0 amide bonds. The van der Waals surface area contributed by atoms with Gasteiger partial charge in [0.25, 0.3) is 0 Å². The van der Waals surface area contributed by atoms with Crippen LogP contribution < -0.4 is 21.1 Å². The van der Waals surface area contributed by atoms with Gasteiger partial charge in [-0.25, -0.2) is 0 Å². The van der Waals surface area contributed by atoms with Crippen molar-refractivity contribution in [2.75, 3.05) is 29.9 Å². The van der Waals surface area contributed by atoms with E-state index in [0.717, 1.165) is 13.1 Å². The van der Waals surface area contributed by atoms with Crippen LogP contribution >= 0.6 is 20.0 Å². The molecule has 22 heavy (non-hydrogen) atoms. The van der Waals surface area contributed by atoms with Crippen LogP contribution in [0.25, 0.3) is 0 Å². The zero-order valence-electron chi connectivity index (χ0n) is 13.4. The van der Waals surface area contributed by atoms with Crippen molar-refractivity contribution in [1.82, 2.24) is 0 Å². The van der Waals surface area contributed by atoms with Crippen LogP contribution in [0.1, 0.15) is 32.1 Å². The van der Waals surface area contributed by atoms with Gasteiger partial charge in [0.15, 0.2) is 0 Å². The number of anilines is 1. The summed E-state index contributed by atoms with van der Waals surface area (Å²) in [6.45, 7) is 2.06. The summed E-state index contributed by atoms with van der Waals surface area (Å²) < 4.78 is 1.57. The second-order valence-electron chi connectivity index (χ2n) is 5.66. The van der Waals surface area contributed by atoms with Crippen LogP contribution in [0.4, 0.5) is 5.69 Å². The minimum atomic E-state index is -1.04. The van der Waals surface area contributed by atoms with Gasteiger partial charge in [-0.05, 0) is 0 Å².